The Bertz CT molecular complexity index is 322. The number of hydrogen-bond acceptors (Lipinski definition) is 1. The first kappa shape index (κ1) is 11.9. The Balaban J connectivity index is 2.46. The van der Waals surface area contributed by atoms with E-state index in [0.29, 0.717) is 6.42 Å². The molecule has 82 valence electrons. The fraction of sp³-hybridized carbons (Fsp3) is 0.385. The zero-order valence-electron chi connectivity index (χ0n) is 9.20. The highest BCUT2D eigenvalue weighted by atomic mass is 19.1. The minimum absolute atomic E-state index is 0.460. The second kappa shape index (κ2) is 5.08. The number of hydrogen-bond donors (Lipinski definition) is 1. The molecule has 0 aliphatic heterocycles. The Morgan fingerprint density at radius 1 is 1.33 bits per heavy atom. The van der Waals surface area contributed by atoms with Crippen LogP contribution < -0.4 is 0 Å². The maximum absolute atomic E-state index is 13.2. The van der Waals surface area contributed by atoms with Crippen molar-refractivity contribution in [1.82, 2.24) is 0 Å². The van der Waals surface area contributed by atoms with Crippen molar-refractivity contribution in [3.8, 4) is 0 Å². The predicted octanol–water partition coefficient (Wildman–Crippen LogP) is 3.24. The lowest BCUT2D eigenvalue weighted by Crippen LogP contribution is -2.19. The monoisotopic (exact) mass is 208 g/mol. The van der Waals surface area contributed by atoms with Crippen molar-refractivity contribution >= 4 is 0 Å². The molecule has 0 unspecified atom stereocenters. The Hall–Kier alpha value is -1.15. The fourth-order valence-electron chi connectivity index (χ4n) is 1.26. The van der Waals surface area contributed by atoms with E-state index in [9.17, 15) is 9.50 Å². The molecular formula is C13H17FO. The van der Waals surface area contributed by atoms with Gasteiger partial charge >= 0.3 is 0 Å². The highest BCUT2D eigenvalue weighted by Crippen LogP contribution is 2.17. The molecule has 0 aromatic heterocycles. The van der Waals surface area contributed by atoms with Gasteiger partial charge in [0.2, 0.25) is 0 Å². The SMILES string of the molecule is CC(C)(O)/C(F)=C/CCc1ccccc1. The third-order valence-electron chi connectivity index (χ3n) is 2.18. The van der Waals surface area contributed by atoms with Gasteiger partial charge in [0.05, 0.1) is 0 Å². The quantitative estimate of drug-likeness (QED) is 0.805. The average molecular weight is 208 g/mol. The molecule has 0 spiro atoms. The molecule has 0 radical (unpaired) electrons. The van der Waals surface area contributed by atoms with E-state index in [2.05, 4.69) is 0 Å². The Morgan fingerprint density at radius 2 is 1.93 bits per heavy atom. The average Bonchev–Trinajstić information content (AvgIpc) is 2.18. The Labute approximate surface area is 90.3 Å². The predicted molar refractivity (Wildman–Crippen MR) is 60.3 cm³/mol. The van der Waals surface area contributed by atoms with Gasteiger partial charge < -0.3 is 5.11 Å². The summed E-state index contributed by atoms with van der Waals surface area (Å²) >= 11 is 0. The molecule has 1 N–H and O–H groups in total. The largest absolute Gasteiger partial charge is 0.383 e. The van der Waals surface area contributed by atoms with Gasteiger partial charge in [-0.3, -0.25) is 0 Å². The molecule has 0 bridgehead atoms. The van der Waals surface area contributed by atoms with Crippen molar-refractivity contribution in [3.05, 3.63) is 47.8 Å². The van der Waals surface area contributed by atoms with Crippen LogP contribution in [0.1, 0.15) is 25.8 Å². The summed E-state index contributed by atoms with van der Waals surface area (Å²) < 4.78 is 13.2. The van der Waals surface area contributed by atoms with E-state index in [1.807, 2.05) is 30.3 Å². The second-order valence-corrected chi connectivity index (χ2v) is 4.14. The van der Waals surface area contributed by atoms with Crippen molar-refractivity contribution < 1.29 is 9.50 Å². The zero-order chi connectivity index (χ0) is 11.3. The summed E-state index contributed by atoms with van der Waals surface area (Å²) in [5.41, 5.74) is -0.172. The number of allylic oxidation sites excluding steroid dienone is 1. The molecule has 2 heteroatoms. The minimum Gasteiger partial charge on any atom is -0.383 e. The van der Waals surface area contributed by atoms with Gasteiger partial charge in [0.25, 0.3) is 0 Å². The van der Waals surface area contributed by atoms with Crippen LogP contribution in [0.3, 0.4) is 0 Å². The van der Waals surface area contributed by atoms with E-state index in [1.165, 1.54) is 25.5 Å². The molecule has 0 aliphatic rings. The van der Waals surface area contributed by atoms with Gasteiger partial charge in [-0.25, -0.2) is 4.39 Å². The lowest BCUT2D eigenvalue weighted by atomic mass is 10.1. The number of halogens is 1. The van der Waals surface area contributed by atoms with Gasteiger partial charge in [-0.05, 0) is 38.3 Å². The topological polar surface area (TPSA) is 20.2 Å². The third kappa shape index (κ3) is 4.26. The van der Waals surface area contributed by atoms with Crippen LogP contribution >= 0.6 is 0 Å². The van der Waals surface area contributed by atoms with Crippen LogP contribution in [0, 0.1) is 0 Å². The zero-order valence-corrected chi connectivity index (χ0v) is 9.20. The molecule has 0 atom stereocenters. The first-order valence-electron chi connectivity index (χ1n) is 5.12. The van der Waals surface area contributed by atoms with Crippen LogP contribution in [0.2, 0.25) is 0 Å². The van der Waals surface area contributed by atoms with Gasteiger partial charge in [-0.15, -0.1) is 0 Å². The van der Waals surface area contributed by atoms with E-state index in [4.69, 9.17) is 0 Å². The van der Waals surface area contributed by atoms with Crippen molar-refractivity contribution in [3.63, 3.8) is 0 Å². The first-order valence-corrected chi connectivity index (χ1v) is 5.12. The van der Waals surface area contributed by atoms with Crippen molar-refractivity contribution in [1.29, 1.82) is 0 Å². The molecule has 0 fully saturated rings. The van der Waals surface area contributed by atoms with Crippen LogP contribution in [-0.2, 0) is 6.42 Å². The first-order chi connectivity index (χ1) is 7.00. The van der Waals surface area contributed by atoms with E-state index in [1.54, 1.807) is 0 Å². The van der Waals surface area contributed by atoms with Gasteiger partial charge in [0, 0.05) is 0 Å². The maximum atomic E-state index is 13.2. The molecule has 1 aromatic carbocycles. The molecule has 1 aromatic rings. The minimum atomic E-state index is -1.35. The van der Waals surface area contributed by atoms with Crippen molar-refractivity contribution in [2.24, 2.45) is 0 Å². The van der Waals surface area contributed by atoms with Crippen molar-refractivity contribution in [2.75, 3.05) is 0 Å². The number of aliphatic hydroxyl groups is 1. The van der Waals surface area contributed by atoms with Gasteiger partial charge in [-0.2, -0.15) is 0 Å². The van der Waals surface area contributed by atoms with Crippen LogP contribution in [0.4, 0.5) is 4.39 Å². The molecule has 0 aliphatic carbocycles. The van der Waals surface area contributed by atoms with E-state index >= 15 is 0 Å². The fourth-order valence-corrected chi connectivity index (χ4v) is 1.26. The van der Waals surface area contributed by atoms with Crippen LogP contribution in [-0.4, -0.2) is 10.7 Å². The molecule has 0 heterocycles. The highest BCUT2D eigenvalue weighted by molar-refractivity contribution is 5.16. The number of aryl methyl sites for hydroxylation is 1. The molecule has 0 saturated heterocycles. The summed E-state index contributed by atoms with van der Waals surface area (Å²) in [7, 11) is 0. The van der Waals surface area contributed by atoms with Gasteiger partial charge in [0.15, 0.2) is 0 Å². The summed E-state index contributed by atoms with van der Waals surface area (Å²) in [6.07, 6.45) is 2.86. The third-order valence-corrected chi connectivity index (χ3v) is 2.18. The molecular weight excluding hydrogens is 191 g/mol. The summed E-state index contributed by atoms with van der Waals surface area (Å²) in [4.78, 5) is 0. The molecule has 1 rings (SSSR count). The van der Waals surface area contributed by atoms with Crippen LogP contribution in [0.15, 0.2) is 42.2 Å². The number of rotatable bonds is 4. The second-order valence-electron chi connectivity index (χ2n) is 4.14. The smallest absolute Gasteiger partial charge is 0.127 e. The van der Waals surface area contributed by atoms with Crippen LogP contribution in [0.5, 0.6) is 0 Å². The Morgan fingerprint density at radius 3 is 2.47 bits per heavy atom. The molecule has 1 nitrogen and oxygen atoms in total. The Kier molecular flexibility index (Phi) is 4.04. The lowest BCUT2D eigenvalue weighted by Gasteiger charge is -2.14. The standard InChI is InChI=1S/C13H17FO/c1-13(2,15)12(14)10-6-9-11-7-4-3-5-8-11/h3-5,7-8,10,15H,6,9H2,1-2H3/b12-10-. The van der Waals surface area contributed by atoms with Crippen molar-refractivity contribution in [2.45, 2.75) is 32.3 Å². The molecule has 0 amide bonds. The molecule has 0 saturated carbocycles. The van der Waals surface area contributed by atoms with E-state index in [-0.39, 0.29) is 0 Å². The normalized spacial score (nSPS) is 12.9. The van der Waals surface area contributed by atoms with Gasteiger partial charge in [-0.1, -0.05) is 30.3 Å². The summed E-state index contributed by atoms with van der Waals surface area (Å²) in [6, 6.07) is 9.90. The van der Waals surface area contributed by atoms with Gasteiger partial charge in [0.1, 0.15) is 11.4 Å². The number of benzene rings is 1. The highest BCUT2D eigenvalue weighted by Gasteiger charge is 2.18. The van der Waals surface area contributed by atoms with E-state index in [0.717, 1.165) is 6.42 Å². The van der Waals surface area contributed by atoms with E-state index < -0.39 is 11.4 Å². The molecule has 15 heavy (non-hydrogen) atoms. The maximum Gasteiger partial charge on any atom is 0.127 e. The summed E-state index contributed by atoms with van der Waals surface area (Å²) in [5, 5.41) is 9.34. The summed E-state index contributed by atoms with van der Waals surface area (Å²) in [6.45, 7) is 2.89. The van der Waals surface area contributed by atoms with Crippen LogP contribution in [0.25, 0.3) is 0 Å². The lowest BCUT2D eigenvalue weighted by molar-refractivity contribution is 0.0933. The summed E-state index contributed by atoms with van der Waals surface area (Å²) in [5.74, 6) is -0.460.